The predicted octanol–water partition coefficient (Wildman–Crippen LogP) is 4.19. The van der Waals surface area contributed by atoms with Gasteiger partial charge in [0.05, 0.1) is 16.7 Å². The van der Waals surface area contributed by atoms with Gasteiger partial charge in [-0.1, -0.05) is 67.6 Å². The van der Waals surface area contributed by atoms with Crippen LogP contribution in [0, 0.1) is 0 Å². The van der Waals surface area contributed by atoms with Crippen molar-refractivity contribution in [3.63, 3.8) is 0 Å². The largest absolute Gasteiger partial charge is 0.345 e. The second-order valence-electron chi connectivity index (χ2n) is 6.55. The normalized spacial score (nSPS) is 12.3. The average Bonchev–Trinajstić information content (AvgIpc) is 2.74. The fourth-order valence-electron chi connectivity index (χ4n) is 3.01. The molecule has 0 aliphatic heterocycles. The first-order valence-electron chi connectivity index (χ1n) is 9.22. The highest BCUT2D eigenvalue weighted by Crippen LogP contribution is 2.20. The quantitative estimate of drug-likeness (QED) is 0.654. The first-order valence-corrected chi connectivity index (χ1v) is 10.9. The fraction of sp³-hybridized carbons (Fsp3) is 0.174. The molecular weight excluding hydrogens is 370 g/mol. The van der Waals surface area contributed by atoms with Gasteiger partial charge in [0.15, 0.2) is 9.84 Å². The Morgan fingerprint density at radius 1 is 0.857 bits per heavy atom. The van der Waals surface area contributed by atoms with Crippen LogP contribution in [0.2, 0.25) is 0 Å². The van der Waals surface area contributed by atoms with Crippen molar-refractivity contribution < 1.29 is 13.2 Å². The lowest BCUT2D eigenvalue weighted by molar-refractivity contribution is 0.0936. The third-order valence-electron chi connectivity index (χ3n) is 4.65. The summed E-state index contributed by atoms with van der Waals surface area (Å²) in [5.74, 6) is -0.198. The van der Waals surface area contributed by atoms with E-state index in [9.17, 15) is 13.2 Å². The van der Waals surface area contributed by atoms with Gasteiger partial charge in [0, 0.05) is 5.56 Å². The third-order valence-corrected chi connectivity index (χ3v) is 6.40. The number of benzene rings is 3. The van der Waals surface area contributed by atoms with Gasteiger partial charge in [0.2, 0.25) is 0 Å². The first-order chi connectivity index (χ1) is 13.5. The van der Waals surface area contributed by atoms with Crippen molar-refractivity contribution in [1.29, 1.82) is 0 Å². The van der Waals surface area contributed by atoms with Crippen LogP contribution >= 0.6 is 0 Å². The summed E-state index contributed by atoms with van der Waals surface area (Å²) in [4.78, 5) is 13.0. The maximum atomic E-state index is 12.8. The Hall–Kier alpha value is -2.92. The smallest absolute Gasteiger partial charge is 0.251 e. The number of nitrogens with one attached hydrogen (secondary N) is 1. The fourth-order valence-corrected chi connectivity index (χ4v) is 3.89. The van der Waals surface area contributed by atoms with Crippen LogP contribution in [0.25, 0.3) is 0 Å². The molecule has 1 unspecified atom stereocenters. The molecule has 0 saturated carbocycles. The van der Waals surface area contributed by atoms with Gasteiger partial charge in [0.25, 0.3) is 5.91 Å². The molecule has 0 aliphatic carbocycles. The highest BCUT2D eigenvalue weighted by molar-refractivity contribution is 7.91. The van der Waals surface area contributed by atoms with E-state index in [0.717, 1.165) is 11.1 Å². The molecule has 3 aromatic carbocycles. The first kappa shape index (κ1) is 19.8. The van der Waals surface area contributed by atoms with E-state index in [4.69, 9.17) is 0 Å². The van der Waals surface area contributed by atoms with Crippen LogP contribution in [0.15, 0.2) is 89.8 Å². The summed E-state index contributed by atoms with van der Waals surface area (Å²) in [7, 11) is -3.28. The van der Waals surface area contributed by atoms with Gasteiger partial charge in [0.1, 0.15) is 0 Å². The molecule has 28 heavy (non-hydrogen) atoms. The van der Waals surface area contributed by atoms with E-state index < -0.39 is 9.84 Å². The molecule has 144 valence electrons. The molecule has 0 radical (unpaired) electrons. The van der Waals surface area contributed by atoms with Gasteiger partial charge >= 0.3 is 0 Å². The van der Waals surface area contributed by atoms with Crippen molar-refractivity contribution in [3.8, 4) is 0 Å². The summed E-state index contributed by atoms with van der Waals surface area (Å²) in [5.41, 5.74) is 2.58. The lowest BCUT2D eigenvalue weighted by Gasteiger charge is -2.20. The van der Waals surface area contributed by atoms with Crippen LogP contribution in [0.1, 0.15) is 34.5 Å². The minimum absolute atomic E-state index is 0.0334. The SMILES string of the molecule is CCS(=O)(=O)c1ccc(C(=O)NC(Cc2ccccc2)c2ccccc2)cc1. The van der Waals surface area contributed by atoms with Gasteiger partial charge in [-0.25, -0.2) is 8.42 Å². The minimum atomic E-state index is -3.28. The van der Waals surface area contributed by atoms with E-state index >= 15 is 0 Å². The zero-order valence-corrected chi connectivity index (χ0v) is 16.5. The molecule has 0 bridgehead atoms. The zero-order valence-electron chi connectivity index (χ0n) is 15.7. The molecular formula is C23H23NO3S. The lowest BCUT2D eigenvalue weighted by atomic mass is 9.98. The zero-order chi connectivity index (χ0) is 20.0. The van der Waals surface area contributed by atoms with Crippen LogP contribution in [0.3, 0.4) is 0 Å². The number of hydrogen-bond donors (Lipinski definition) is 1. The van der Waals surface area contributed by atoms with Crippen LogP contribution in [-0.4, -0.2) is 20.1 Å². The highest BCUT2D eigenvalue weighted by Gasteiger charge is 2.17. The van der Waals surface area contributed by atoms with Crippen LogP contribution in [-0.2, 0) is 16.3 Å². The third kappa shape index (κ3) is 4.87. The number of hydrogen-bond acceptors (Lipinski definition) is 3. The summed E-state index contributed by atoms with van der Waals surface area (Å²) < 4.78 is 23.9. The van der Waals surface area contributed by atoms with Crippen molar-refractivity contribution in [2.75, 3.05) is 5.75 Å². The van der Waals surface area contributed by atoms with E-state index in [2.05, 4.69) is 5.32 Å². The summed E-state index contributed by atoms with van der Waals surface area (Å²) in [6, 6.07) is 25.7. The lowest BCUT2D eigenvalue weighted by Crippen LogP contribution is -2.30. The summed E-state index contributed by atoms with van der Waals surface area (Å²) >= 11 is 0. The van der Waals surface area contributed by atoms with Crippen molar-refractivity contribution in [2.24, 2.45) is 0 Å². The number of sulfone groups is 1. The molecule has 5 heteroatoms. The van der Waals surface area contributed by atoms with E-state index in [1.807, 2.05) is 60.7 Å². The van der Waals surface area contributed by atoms with Crippen LogP contribution < -0.4 is 5.32 Å². The summed E-state index contributed by atoms with van der Waals surface area (Å²) in [6.07, 6.45) is 0.666. The molecule has 1 amide bonds. The Labute approximate surface area is 166 Å². The van der Waals surface area contributed by atoms with Gasteiger partial charge in [-0.05, 0) is 41.8 Å². The number of carbonyl (C=O) groups excluding carboxylic acids is 1. The van der Waals surface area contributed by atoms with Gasteiger partial charge in [-0.2, -0.15) is 0 Å². The molecule has 0 spiro atoms. The molecule has 1 atom stereocenters. The van der Waals surface area contributed by atoms with E-state index in [1.165, 1.54) is 12.1 Å². The van der Waals surface area contributed by atoms with Gasteiger partial charge in [-0.15, -0.1) is 0 Å². The highest BCUT2D eigenvalue weighted by atomic mass is 32.2. The second kappa shape index (κ2) is 8.85. The Bertz CT molecular complexity index is 1010. The maximum Gasteiger partial charge on any atom is 0.251 e. The molecule has 1 N–H and O–H groups in total. The Morgan fingerprint density at radius 2 is 1.43 bits per heavy atom. The maximum absolute atomic E-state index is 12.8. The van der Waals surface area contributed by atoms with Crippen molar-refractivity contribution in [2.45, 2.75) is 24.3 Å². The van der Waals surface area contributed by atoms with Crippen LogP contribution in [0.4, 0.5) is 0 Å². The summed E-state index contributed by atoms with van der Waals surface area (Å²) in [6.45, 7) is 1.60. The van der Waals surface area contributed by atoms with E-state index in [0.29, 0.717) is 12.0 Å². The van der Waals surface area contributed by atoms with E-state index in [-0.39, 0.29) is 22.6 Å². The Morgan fingerprint density at radius 3 is 2.00 bits per heavy atom. The molecule has 3 aromatic rings. The van der Waals surface area contributed by atoms with Crippen molar-refractivity contribution in [1.82, 2.24) is 5.32 Å². The van der Waals surface area contributed by atoms with Gasteiger partial charge in [-0.3, -0.25) is 4.79 Å². The molecule has 0 saturated heterocycles. The number of amides is 1. The molecule has 0 fully saturated rings. The van der Waals surface area contributed by atoms with Crippen molar-refractivity contribution >= 4 is 15.7 Å². The average molecular weight is 394 g/mol. The van der Waals surface area contributed by atoms with Crippen LogP contribution in [0.5, 0.6) is 0 Å². The monoisotopic (exact) mass is 393 g/mol. The molecule has 0 aromatic heterocycles. The molecule has 0 aliphatic rings. The summed E-state index contributed by atoms with van der Waals surface area (Å²) in [5, 5.41) is 3.08. The van der Waals surface area contributed by atoms with Gasteiger partial charge < -0.3 is 5.32 Å². The Balaban J connectivity index is 1.81. The number of carbonyl (C=O) groups is 1. The minimum Gasteiger partial charge on any atom is -0.345 e. The van der Waals surface area contributed by atoms with Crippen molar-refractivity contribution in [3.05, 3.63) is 102 Å². The molecule has 4 nitrogen and oxygen atoms in total. The standard InChI is InChI=1S/C23H23NO3S/c1-2-28(26,27)21-15-13-20(14-16-21)23(25)24-22(19-11-7-4-8-12-19)17-18-9-5-3-6-10-18/h3-16,22H,2,17H2,1H3,(H,24,25). The predicted molar refractivity (Wildman–Crippen MR) is 111 cm³/mol. The second-order valence-corrected chi connectivity index (χ2v) is 8.83. The number of rotatable bonds is 7. The van der Waals surface area contributed by atoms with E-state index in [1.54, 1.807) is 19.1 Å². The Kier molecular flexibility index (Phi) is 6.26. The molecule has 0 heterocycles. The topological polar surface area (TPSA) is 63.2 Å². The molecule has 3 rings (SSSR count).